The summed E-state index contributed by atoms with van der Waals surface area (Å²) in [4.78, 5) is 22.1. The zero-order chi connectivity index (χ0) is 15.2. The summed E-state index contributed by atoms with van der Waals surface area (Å²) in [5, 5.41) is 16.7. The molecule has 0 aliphatic carbocycles. The van der Waals surface area contributed by atoms with Crippen LogP contribution in [-0.2, 0) is 11.3 Å². The molecule has 0 unspecified atom stereocenters. The summed E-state index contributed by atoms with van der Waals surface area (Å²) in [6.45, 7) is 6.33. The van der Waals surface area contributed by atoms with Gasteiger partial charge in [0.2, 0.25) is 5.91 Å². The fourth-order valence-corrected chi connectivity index (χ4v) is 1.66. The Morgan fingerprint density at radius 2 is 2.00 bits per heavy atom. The molecular weight excluding hydrogens is 258 g/mol. The standard InChI is InChI=1S/C14H21N3O3/c1-4-14(2,3)16-13(18)10-15-9-11-7-5-6-8-12(11)17(19)20/h5-8,15H,4,9-10H2,1-3H3,(H,16,18). The number of hydrogen-bond acceptors (Lipinski definition) is 4. The van der Waals surface area contributed by atoms with Gasteiger partial charge in [-0.05, 0) is 20.3 Å². The molecule has 0 bridgehead atoms. The molecule has 6 nitrogen and oxygen atoms in total. The fourth-order valence-electron chi connectivity index (χ4n) is 1.66. The minimum absolute atomic E-state index is 0.0642. The average Bonchev–Trinajstić information content (AvgIpc) is 2.38. The van der Waals surface area contributed by atoms with Crippen molar-refractivity contribution < 1.29 is 9.72 Å². The van der Waals surface area contributed by atoms with Crippen LogP contribution in [0.2, 0.25) is 0 Å². The highest BCUT2D eigenvalue weighted by atomic mass is 16.6. The van der Waals surface area contributed by atoms with Gasteiger partial charge in [0, 0.05) is 23.7 Å². The number of carbonyl (C=O) groups is 1. The Hall–Kier alpha value is -1.95. The number of rotatable bonds is 7. The van der Waals surface area contributed by atoms with E-state index in [1.165, 1.54) is 6.07 Å². The third kappa shape index (κ3) is 4.97. The van der Waals surface area contributed by atoms with Gasteiger partial charge in [-0.25, -0.2) is 0 Å². The molecule has 0 heterocycles. The van der Waals surface area contributed by atoms with Crippen LogP contribution in [-0.4, -0.2) is 22.9 Å². The molecule has 2 N–H and O–H groups in total. The van der Waals surface area contributed by atoms with Crippen molar-refractivity contribution in [3.8, 4) is 0 Å². The molecule has 20 heavy (non-hydrogen) atoms. The van der Waals surface area contributed by atoms with Crippen molar-refractivity contribution in [3.05, 3.63) is 39.9 Å². The molecule has 0 atom stereocenters. The highest BCUT2D eigenvalue weighted by Gasteiger charge is 2.17. The number of para-hydroxylation sites is 1. The normalized spacial score (nSPS) is 11.2. The van der Waals surface area contributed by atoms with E-state index in [-0.39, 0.29) is 30.2 Å². The minimum atomic E-state index is -0.419. The lowest BCUT2D eigenvalue weighted by Crippen LogP contribution is -2.46. The van der Waals surface area contributed by atoms with Crippen LogP contribution >= 0.6 is 0 Å². The SMILES string of the molecule is CCC(C)(C)NC(=O)CNCc1ccccc1[N+](=O)[O-]. The topological polar surface area (TPSA) is 84.3 Å². The average molecular weight is 279 g/mol. The number of amides is 1. The number of nitro benzene ring substituents is 1. The number of carbonyl (C=O) groups excluding carboxylic acids is 1. The Morgan fingerprint density at radius 3 is 2.60 bits per heavy atom. The Bertz CT molecular complexity index is 486. The van der Waals surface area contributed by atoms with Gasteiger partial charge in [-0.3, -0.25) is 14.9 Å². The van der Waals surface area contributed by atoms with E-state index in [0.29, 0.717) is 5.56 Å². The lowest BCUT2D eigenvalue weighted by atomic mass is 10.0. The summed E-state index contributed by atoms with van der Waals surface area (Å²) < 4.78 is 0. The molecule has 0 radical (unpaired) electrons. The first-order valence-corrected chi connectivity index (χ1v) is 6.60. The number of nitro groups is 1. The number of nitrogens with zero attached hydrogens (tertiary/aromatic N) is 1. The van der Waals surface area contributed by atoms with Crippen LogP contribution in [0.25, 0.3) is 0 Å². The molecule has 0 saturated heterocycles. The summed E-state index contributed by atoms with van der Waals surface area (Å²) in [6, 6.07) is 6.50. The van der Waals surface area contributed by atoms with Crippen molar-refractivity contribution in [2.45, 2.75) is 39.3 Å². The van der Waals surface area contributed by atoms with E-state index in [2.05, 4.69) is 10.6 Å². The number of benzene rings is 1. The second-order valence-corrected chi connectivity index (χ2v) is 5.27. The molecule has 0 aliphatic heterocycles. The maximum atomic E-state index is 11.7. The predicted octanol–water partition coefficient (Wildman–Crippen LogP) is 1.99. The van der Waals surface area contributed by atoms with Gasteiger partial charge < -0.3 is 10.6 Å². The number of nitrogens with one attached hydrogen (secondary N) is 2. The third-order valence-electron chi connectivity index (χ3n) is 3.15. The maximum Gasteiger partial charge on any atom is 0.273 e. The van der Waals surface area contributed by atoms with Crippen molar-refractivity contribution in [1.29, 1.82) is 0 Å². The van der Waals surface area contributed by atoms with Crippen molar-refractivity contribution in [1.82, 2.24) is 10.6 Å². The predicted molar refractivity (Wildman–Crippen MR) is 77.3 cm³/mol. The lowest BCUT2D eigenvalue weighted by Gasteiger charge is -2.24. The van der Waals surface area contributed by atoms with Gasteiger partial charge in [-0.15, -0.1) is 0 Å². The zero-order valence-electron chi connectivity index (χ0n) is 12.1. The van der Waals surface area contributed by atoms with Gasteiger partial charge in [0.05, 0.1) is 11.5 Å². The van der Waals surface area contributed by atoms with Crippen LogP contribution in [0, 0.1) is 10.1 Å². The molecule has 0 saturated carbocycles. The van der Waals surface area contributed by atoms with Crippen molar-refractivity contribution in [2.24, 2.45) is 0 Å². The molecule has 0 fully saturated rings. The molecule has 1 amide bonds. The van der Waals surface area contributed by atoms with Gasteiger partial charge in [0.25, 0.3) is 5.69 Å². The summed E-state index contributed by atoms with van der Waals surface area (Å²) >= 11 is 0. The summed E-state index contributed by atoms with van der Waals surface area (Å²) in [5.74, 6) is -0.115. The second kappa shape index (κ2) is 7.00. The first-order valence-electron chi connectivity index (χ1n) is 6.60. The highest BCUT2D eigenvalue weighted by molar-refractivity contribution is 5.78. The molecule has 0 aliphatic rings. The van der Waals surface area contributed by atoms with Crippen LogP contribution in [0.1, 0.15) is 32.8 Å². The second-order valence-electron chi connectivity index (χ2n) is 5.27. The Morgan fingerprint density at radius 1 is 1.35 bits per heavy atom. The first-order chi connectivity index (χ1) is 9.35. The highest BCUT2D eigenvalue weighted by Crippen LogP contribution is 2.16. The minimum Gasteiger partial charge on any atom is -0.350 e. The largest absolute Gasteiger partial charge is 0.350 e. The quantitative estimate of drug-likeness (QED) is 0.590. The van der Waals surface area contributed by atoms with E-state index >= 15 is 0 Å². The summed E-state index contributed by atoms with van der Waals surface area (Å²) in [6.07, 6.45) is 0.836. The van der Waals surface area contributed by atoms with Crippen molar-refractivity contribution in [2.75, 3.05) is 6.54 Å². The summed E-state index contributed by atoms with van der Waals surface area (Å²) in [7, 11) is 0. The Kier molecular flexibility index (Phi) is 5.64. The van der Waals surface area contributed by atoms with Crippen molar-refractivity contribution in [3.63, 3.8) is 0 Å². The van der Waals surface area contributed by atoms with Crippen LogP contribution in [0.3, 0.4) is 0 Å². The monoisotopic (exact) mass is 279 g/mol. The van der Waals surface area contributed by atoms with E-state index in [1.807, 2.05) is 20.8 Å². The van der Waals surface area contributed by atoms with E-state index in [4.69, 9.17) is 0 Å². The Balaban J connectivity index is 2.49. The number of hydrogen-bond donors (Lipinski definition) is 2. The molecule has 0 aromatic heterocycles. The summed E-state index contributed by atoms with van der Waals surface area (Å²) in [5.41, 5.74) is 0.395. The van der Waals surface area contributed by atoms with Gasteiger partial charge in [-0.1, -0.05) is 25.1 Å². The Labute approximate surface area is 118 Å². The van der Waals surface area contributed by atoms with Crippen LogP contribution in [0.4, 0.5) is 5.69 Å². The molecule has 1 aromatic carbocycles. The van der Waals surface area contributed by atoms with Gasteiger partial charge in [-0.2, -0.15) is 0 Å². The molecular formula is C14H21N3O3. The smallest absolute Gasteiger partial charge is 0.273 e. The fraction of sp³-hybridized carbons (Fsp3) is 0.500. The van der Waals surface area contributed by atoms with E-state index in [0.717, 1.165) is 6.42 Å². The van der Waals surface area contributed by atoms with E-state index in [9.17, 15) is 14.9 Å². The molecule has 1 aromatic rings. The van der Waals surface area contributed by atoms with Gasteiger partial charge in [0.15, 0.2) is 0 Å². The third-order valence-corrected chi connectivity index (χ3v) is 3.15. The maximum absolute atomic E-state index is 11.7. The molecule has 0 spiro atoms. The van der Waals surface area contributed by atoms with Crippen LogP contribution < -0.4 is 10.6 Å². The van der Waals surface area contributed by atoms with Crippen molar-refractivity contribution >= 4 is 11.6 Å². The van der Waals surface area contributed by atoms with E-state index in [1.54, 1.807) is 18.2 Å². The van der Waals surface area contributed by atoms with Gasteiger partial charge >= 0.3 is 0 Å². The zero-order valence-corrected chi connectivity index (χ0v) is 12.1. The molecule has 1 rings (SSSR count). The molecule has 110 valence electrons. The lowest BCUT2D eigenvalue weighted by molar-refractivity contribution is -0.385. The van der Waals surface area contributed by atoms with E-state index < -0.39 is 4.92 Å². The first kappa shape index (κ1) is 16.1. The van der Waals surface area contributed by atoms with Gasteiger partial charge in [0.1, 0.15) is 0 Å². The molecule has 6 heteroatoms. The van der Waals surface area contributed by atoms with Crippen LogP contribution in [0.5, 0.6) is 0 Å². The van der Waals surface area contributed by atoms with Crippen LogP contribution in [0.15, 0.2) is 24.3 Å².